The van der Waals surface area contributed by atoms with Gasteiger partial charge in [-0.05, 0) is 17.2 Å². The van der Waals surface area contributed by atoms with E-state index in [0.717, 1.165) is 17.5 Å². The Morgan fingerprint density at radius 2 is 1.90 bits per heavy atom. The summed E-state index contributed by atoms with van der Waals surface area (Å²) in [5.41, 5.74) is 2.39. The molecule has 2 amide bonds. The molecule has 0 spiro atoms. The topological polar surface area (TPSA) is 67.9 Å². The van der Waals surface area contributed by atoms with E-state index < -0.39 is 0 Å². The van der Waals surface area contributed by atoms with E-state index in [1.165, 1.54) is 6.92 Å². The lowest BCUT2D eigenvalue weighted by molar-refractivity contribution is -0.129. The number of carbonyl (C=O) groups is 2. The van der Waals surface area contributed by atoms with E-state index in [0.29, 0.717) is 35.4 Å². The minimum atomic E-state index is -0.382. The first-order valence-electron chi connectivity index (χ1n) is 9.48. The lowest BCUT2D eigenvalue weighted by Crippen LogP contribution is -2.33. The number of rotatable bonds is 3. The number of benzene rings is 2. The van der Waals surface area contributed by atoms with Crippen molar-refractivity contribution < 1.29 is 19.1 Å². The molecule has 0 aromatic heterocycles. The number of fused-ring (bicyclic) bond motifs is 2. The van der Waals surface area contributed by atoms with Crippen molar-refractivity contribution in [3.63, 3.8) is 0 Å². The van der Waals surface area contributed by atoms with Crippen LogP contribution in [0.2, 0.25) is 5.02 Å². The number of anilines is 1. The van der Waals surface area contributed by atoms with Crippen molar-refractivity contribution in [3.8, 4) is 11.5 Å². The molecule has 150 valence electrons. The molecule has 2 aliphatic heterocycles. The first-order chi connectivity index (χ1) is 14.0. The zero-order valence-corrected chi connectivity index (χ0v) is 16.7. The number of carbonyl (C=O) groups excluding carboxylic acids is 2. The van der Waals surface area contributed by atoms with Gasteiger partial charge in [0.05, 0.1) is 36.4 Å². The van der Waals surface area contributed by atoms with Gasteiger partial charge < -0.3 is 19.7 Å². The van der Waals surface area contributed by atoms with Crippen molar-refractivity contribution in [1.29, 1.82) is 0 Å². The number of halogens is 1. The predicted octanol–water partition coefficient (Wildman–Crippen LogP) is 4.40. The van der Waals surface area contributed by atoms with Gasteiger partial charge in [-0.25, -0.2) is 0 Å². The molecule has 2 aromatic carbocycles. The molecule has 2 heterocycles. The Balaban J connectivity index is 1.55. The largest absolute Gasteiger partial charge is 0.490 e. The Morgan fingerprint density at radius 3 is 2.66 bits per heavy atom. The number of nitrogens with zero attached hydrogens (tertiary/aromatic N) is 1. The van der Waals surface area contributed by atoms with Crippen LogP contribution in [0.25, 0.3) is 6.08 Å². The first-order valence-corrected chi connectivity index (χ1v) is 9.86. The lowest BCUT2D eigenvalue weighted by atomic mass is 9.93. The molecule has 1 unspecified atom stereocenters. The van der Waals surface area contributed by atoms with Gasteiger partial charge in [-0.2, -0.15) is 0 Å². The SMILES string of the molecule is CC(=O)N1C=Cc2ccccc2C1CC(=O)Nc1cc2c(cc1Cl)OCCCO2. The average Bonchev–Trinajstić information content (AvgIpc) is 2.93. The fraction of sp³-hybridized carbons (Fsp3) is 0.273. The van der Waals surface area contributed by atoms with E-state index in [-0.39, 0.29) is 24.3 Å². The summed E-state index contributed by atoms with van der Waals surface area (Å²) in [6.45, 7) is 2.59. The number of ether oxygens (including phenoxy) is 2. The molecule has 7 heteroatoms. The van der Waals surface area contributed by atoms with E-state index in [1.54, 1.807) is 23.2 Å². The normalized spacial score (nSPS) is 17.3. The Hall–Kier alpha value is -2.99. The molecule has 6 nitrogen and oxygen atoms in total. The molecule has 1 atom stereocenters. The van der Waals surface area contributed by atoms with Gasteiger partial charge in [-0.1, -0.05) is 35.9 Å². The molecule has 2 aliphatic rings. The van der Waals surface area contributed by atoms with Gasteiger partial charge in [0, 0.05) is 31.7 Å². The fourth-order valence-electron chi connectivity index (χ4n) is 3.57. The van der Waals surface area contributed by atoms with Crippen LogP contribution in [0.3, 0.4) is 0 Å². The quantitative estimate of drug-likeness (QED) is 0.811. The standard InChI is InChI=1S/C22H21ClN2O4/c1-14(26)25-8-7-15-5-2-3-6-16(15)19(25)13-22(27)24-18-12-21-20(11-17(18)23)28-9-4-10-29-21/h2-3,5-8,11-12,19H,4,9-10,13H2,1H3,(H,24,27). The summed E-state index contributed by atoms with van der Waals surface area (Å²) in [5.74, 6) is 0.753. The summed E-state index contributed by atoms with van der Waals surface area (Å²) in [7, 11) is 0. The molecule has 0 saturated carbocycles. The second-order valence-corrected chi connectivity index (χ2v) is 7.38. The third kappa shape index (κ3) is 4.07. The maximum absolute atomic E-state index is 12.8. The first kappa shape index (κ1) is 19.3. The van der Waals surface area contributed by atoms with Gasteiger partial charge in [-0.15, -0.1) is 0 Å². The summed E-state index contributed by atoms with van der Waals surface area (Å²) in [4.78, 5) is 26.5. The van der Waals surface area contributed by atoms with E-state index in [1.807, 2.05) is 30.3 Å². The van der Waals surface area contributed by atoms with E-state index in [4.69, 9.17) is 21.1 Å². The Labute approximate surface area is 174 Å². The number of hydrogen-bond acceptors (Lipinski definition) is 4. The van der Waals surface area contributed by atoms with Gasteiger partial charge in [0.25, 0.3) is 0 Å². The average molecular weight is 413 g/mol. The van der Waals surface area contributed by atoms with Gasteiger partial charge in [-0.3, -0.25) is 9.59 Å². The third-order valence-electron chi connectivity index (χ3n) is 4.96. The highest BCUT2D eigenvalue weighted by molar-refractivity contribution is 6.34. The molecule has 2 aromatic rings. The van der Waals surface area contributed by atoms with Crippen molar-refractivity contribution in [3.05, 3.63) is 58.7 Å². The van der Waals surface area contributed by atoms with Crippen LogP contribution >= 0.6 is 11.6 Å². The van der Waals surface area contributed by atoms with Crippen molar-refractivity contribution in [2.45, 2.75) is 25.8 Å². The molecule has 1 N–H and O–H groups in total. The van der Waals surface area contributed by atoms with Gasteiger partial charge in [0.1, 0.15) is 0 Å². The van der Waals surface area contributed by atoms with Crippen LogP contribution in [0, 0.1) is 0 Å². The zero-order valence-electron chi connectivity index (χ0n) is 16.0. The number of hydrogen-bond donors (Lipinski definition) is 1. The maximum Gasteiger partial charge on any atom is 0.226 e. The van der Waals surface area contributed by atoms with E-state index in [2.05, 4.69) is 5.32 Å². The summed E-state index contributed by atoms with van der Waals surface area (Å²) in [5, 5.41) is 3.22. The summed E-state index contributed by atoms with van der Waals surface area (Å²) in [6, 6.07) is 10.7. The highest BCUT2D eigenvalue weighted by Crippen LogP contribution is 2.38. The monoisotopic (exact) mass is 412 g/mol. The van der Waals surface area contributed by atoms with Crippen molar-refractivity contribution in [1.82, 2.24) is 4.90 Å². The molecule has 0 saturated heterocycles. The summed E-state index contributed by atoms with van der Waals surface area (Å²) in [6.07, 6.45) is 4.49. The van der Waals surface area contributed by atoms with Gasteiger partial charge >= 0.3 is 0 Å². The van der Waals surface area contributed by atoms with Crippen molar-refractivity contribution in [2.75, 3.05) is 18.5 Å². The van der Waals surface area contributed by atoms with Crippen LogP contribution in [-0.4, -0.2) is 29.9 Å². The van der Waals surface area contributed by atoms with E-state index in [9.17, 15) is 9.59 Å². The minimum Gasteiger partial charge on any atom is -0.490 e. The Bertz CT molecular complexity index is 989. The number of nitrogens with one attached hydrogen (secondary N) is 1. The molecule has 29 heavy (non-hydrogen) atoms. The second kappa shape index (κ2) is 8.17. The van der Waals surface area contributed by atoms with Crippen molar-refractivity contribution >= 4 is 35.2 Å². The molecule has 0 aliphatic carbocycles. The summed E-state index contributed by atoms with van der Waals surface area (Å²) >= 11 is 6.34. The highest BCUT2D eigenvalue weighted by Gasteiger charge is 2.28. The molecule has 0 fully saturated rings. The van der Waals surface area contributed by atoms with Crippen LogP contribution in [0.15, 0.2) is 42.6 Å². The third-order valence-corrected chi connectivity index (χ3v) is 5.27. The molecular formula is C22H21ClN2O4. The molecule has 0 bridgehead atoms. The smallest absolute Gasteiger partial charge is 0.226 e. The minimum absolute atomic E-state index is 0.103. The van der Waals surface area contributed by atoms with Crippen LogP contribution in [-0.2, 0) is 9.59 Å². The lowest BCUT2D eigenvalue weighted by Gasteiger charge is -2.32. The van der Waals surface area contributed by atoms with Crippen LogP contribution in [0.4, 0.5) is 5.69 Å². The Morgan fingerprint density at radius 1 is 1.17 bits per heavy atom. The predicted molar refractivity (Wildman–Crippen MR) is 111 cm³/mol. The molecule has 0 radical (unpaired) electrons. The van der Waals surface area contributed by atoms with Crippen LogP contribution in [0.1, 0.15) is 36.9 Å². The van der Waals surface area contributed by atoms with Gasteiger partial charge in [0.15, 0.2) is 11.5 Å². The molecule has 4 rings (SSSR count). The van der Waals surface area contributed by atoms with Crippen molar-refractivity contribution in [2.24, 2.45) is 0 Å². The fourth-order valence-corrected chi connectivity index (χ4v) is 3.77. The zero-order chi connectivity index (χ0) is 20.4. The van der Waals surface area contributed by atoms with Crippen LogP contribution in [0.5, 0.6) is 11.5 Å². The van der Waals surface area contributed by atoms with Crippen LogP contribution < -0.4 is 14.8 Å². The maximum atomic E-state index is 12.8. The molecular weight excluding hydrogens is 392 g/mol. The Kier molecular flexibility index (Phi) is 5.45. The van der Waals surface area contributed by atoms with E-state index >= 15 is 0 Å². The number of amides is 2. The summed E-state index contributed by atoms with van der Waals surface area (Å²) < 4.78 is 11.3. The highest BCUT2D eigenvalue weighted by atomic mass is 35.5. The second-order valence-electron chi connectivity index (χ2n) is 6.97. The van der Waals surface area contributed by atoms with Gasteiger partial charge in [0.2, 0.25) is 11.8 Å².